The minimum Gasteiger partial charge on any atom is -0.463 e. The van der Waals surface area contributed by atoms with Crippen molar-refractivity contribution in [3.63, 3.8) is 0 Å². The molecule has 1 unspecified atom stereocenters. The van der Waals surface area contributed by atoms with Crippen LogP contribution in [-0.4, -0.2) is 17.0 Å². The molecule has 1 amide bonds. The molecule has 16 heavy (non-hydrogen) atoms. The van der Waals surface area contributed by atoms with Gasteiger partial charge in [0, 0.05) is 6.20 Å². The molecule has 1 aromatic rings. The van der Waals surface area contributed by atoms with Crippen LogP contribution in [0.5, 0.6) is 5.88 Å². The van der Waals surface area contributed by atoms with E-state index in [0.717, 1.165) is 0 Å². The van der Waals surface area contributed by atoms with E-state index in [4.69, 9.17) is 4.74 Å². The molecule has 0 saturated heterocycles. The number of hydrogen-bond acceptors (Lipinski definition) is 3. The van der Waals surface area contributed by atoms with Gasteiger partial charge in [0.25, 0.3) is 5.91 Å². The third-order valence-electron chi connectivity index (χ3n) is 2.37. The first kappa shape index (κ1) is 10.9. The lowest BCUT2D eigenvalue weighted by Crippen LogP contribution is -2.39. The van der Waals surface area contributed by atoms with Crippen LogP contribution in [0.25, 0.3) is 0 Å². The summed E-state index contributed by atoms with van der Waals surface area (Å²) >= 11 is 0. The lowest BCUT2D eigenvalue weighted by Gasteiger charge is -2.29. The molecule has 4 heteroatoms. The van der Waals surface area contributed by atoms with Gasteiger partial charge in [-0.2, -0.15) is 0 Å². The van der Waals surface area contributed by atoms with Gasteiger partial charge < -0.3 is 10.1 Å². The predicted octanol–water partition coefficient (Wildman–Crippen LogP) is 2.22. The van der Waals surface area contributed by atoms with Crippen molar-refractivity contribution in [3.05, 3.63) is 18.3 Å². The molecule has 2 heterocycles. The van der Waals surface area contributed by atoms with E-state index in [1.165, 1.54) is 0 Å². The van der Waals surface area contributed by atoms with E-state index in [-0.39, 0.29) is 11.3 Å². The van der Waals surface area contributed by atoms with Gasteiger partial charge in [-0.25, -0.2) is 4.98 Å². The maximum atomic E-state index is 11.8. The van der Waals surface area contributed by atoms with Crippen molar-refractivity contribution in [1.29, 1.82) is 0 Å². The molecule has 0 spiro atoms. The van der Waals surface area contributed by atoms with Gasteiger partial charge in [-0.3, -0.25) is 4.79 Å². The highest BCUT2D eigenvalue weighted by Gasteiger charge is 2.31. The highest BCUT2D eigenvalue weighted by molar-refractivity contribution is 5.97. The number of fused-ring (bicyclic) bond motifs is 1. The number of hydrogen-bond donors (Lipinski definition) is 1. The standard InChI is InChI=1S/C12H16N2O2/c1-12(2,3)7-9-10(15)14-8-5-4-6-13-11(8)16-9/h4-6,9H,7H2,1-3H3,(H,14,15). The fourth-order valence-electron chi connectivity index (χ4n) is 1.67. The number of amides is 1. The first-order valence-electron chi connectivity index (χ1n) is 5.38. The van der Waals surface area contributed by atoms with Crippen LogP contribution >= 0.6 is 0 Å². The lowest BCUT2D eigenvalue weighted by molar-refractivity contribution is -0.125. The van der Waals surface area contributed by atoms with Crippen LogP contribution in [0, 0.1) is 5.41 Å². The summed E-state index contributed by atoms with van der Waals surface area (Å²) in [6, 6.07) is 3.56. The number of rotatable bonds is 1. The smallest absolute Gasteiger partial charge is 0.265 e. The Kier molecular flexibility index (Phi) is 2.58. The van der Waals surface area contributed by atoms with E-state index in [9.17, 15) is 4.79 Å². The van der Waals surface area contributed by atoms with E-state index in [1.54, 1.807) is 18.3 Å². The SMILES string of the molecule is CC(C)(C)CC1Oc2ncccc2NC1=O. The Hall–Kier alpha value is -1.58. The molecule has 1 aliphatic heterocycles. The van der Waals surface area contributed by atoms with Crippen LogP contribution in [0.1, 0.15) is 27.2 Å². The van der Waals surface area contributed by atoms with Gasteiger partial charge in [-0.15, -0.1) is 0 Å². The van der Waals surface area contributed by atoms with Crippen molar-refractivity contribution < 1.29 is 9.53 Å². The zero-order valence-electron chi connectivity index (χ0n) is 9.78. The number of nitrogens with zero attached hydrogens (tertiary/aromatic N) is 1. The Morgan fingerprint density at radius 3 is 2.94 bits per heavy atom. The van der Waals surface area contributed by atoms with Crippen molar-refractivity contribution in [2.45, 2.75) is 33.3 Å². The number of pyridine rings is 1. The van der Waals surface area contributed by atoms with E-state index in [1.807, 2.05) is 0 Å². The number of carbonyl (C=O) groups is 1. The van der Waals surface area contributed by atoms with Crippen LogP contribution in [0.3, 0.4) is 0 Å². The molecule has 0 bridgehead atoms. The molecule has 1 atom stereocenters. The van der Waals surface area contributed by atoms with Crippen molar-refractivity contribution in [2.24, 2.45) is 5.41 Å². The summed E-state index contributed by atoms with van der Waals surface area (Å²) in [4.78, 5) is 15.9. The molecule has 0 fully saturated rings. The molecule has 1 N–H and O–H groups in total. The van der Waals surface area contributed by atoms with Crippen molar-refractivity contribution in [2.75, 3.05) is 5.32 Å². The molecule has 0 saturated carbocycles. The molecular formula is C12H16N2O2. The highest BCUT2D eigenvalue weighted by Crippen LogP contribution is 2.31. The zero-order valence-corrected chi connectivity index (χ0v) is 9.78. The van der Waals surface area contributed by atoms with Gasteiger partial charge in [-0.1, -0.05) is 20.8 Å². The molecule has 1 aliphatic rings. The second-order valence-electron chi connectivity index (χ2n) is 5.22. The first-order chi connectivity index (χ1) is 7.46. The fraction of sp³-hybridized carbons (Fsp3) is 0.500. The Bertz CT molecular complexity index is 410. The van der Waals surface area contributed by atoms with Crippen LogP contribution in [0.4, 0.5) is 5.69 Å². The summed E-state index contributed by atoms with van der Waals surface area (Å²) in [5.41, 5.74) is 0.701. The van der Waals surface area contributed by atoms with Crippen LogP contribution in [0.2, 0.25) is 0 Å². The molecule has 0 radical (unpaired) electrons. The first-order valence-corrected chi connectivity index (χ1v) is 5.38. The molecule has 1 aromatic heterocycles. The average molecular weight is 220 g/mol. The van der Waals surface area contributed by atoms with Gasteiger partial charge in [0.1, 0.15) is 5.69 Å². The van der Waals surface area contributed by atoms with E-state index in [2.05, 4.69) is 31.1 Å². The van der Waals surface area contributed by atoms with Gasteiger partial charge in [-0.05, 0) is 24.0 Å². The lowest BCUT2D eigenvalue weighted by atomic mass is 9.88. The molecule has 2 rings (SSSR count). The third kappa shape index (κ3) is 2.32. The Labute approximate surface area is 95.0 Å². The van der Waals surface area contributed by atoms with E-state index in [0.29, 0.717) is 18.0 Å². The average Bonchev–Trinajstić information content (AvgIpc) is 2.17. The molecule has 86 valence electrons. The van der Waals surface area contributed by atoms with Gasteiger partial charge in [0.15, 0.2) is 6.10 Å². The summed E-state index contributed by atoms with van der Waals surface area (Å²) in [5.74, 6) is 0.423. The van der Waals surface area contributed by atoms with Gasteiger partial charge in [0.2, 0.25) is 5.88 Å². The second kappa shape index (κ2) is 3.77. The van der Waals surface area contributed by atoms with Crippen molar-refractivity contribution >= 4 is 11.6 Å². The normalized spacial score (nSPS) is 19.7. The summed E-state index contributed by atoms with van der Waals surface area (Å²) in [6.07, 6.45) is 1.89. The molecular weight excluding hydrogens is 204 g/mol. The monoisotopic (exact) mass is 220 g/mol. The third-order valence-corrected chi connectivity index (χ3v) is 2.37. The number of carbonyl (C=O) groups excluding carboxylic acids is 1. The predicted molar refractivity (Wildman–Crippen MR) is 61.4 cm³/mol. The molecule has 4 nitrogen and oxygen atoms in total. The van der Waals surface area contributed by atoms with Crippen molar-refractivity contribution in [3.8, 4) is 5.88 Å². The summed E-state index contributed by atoms with van der Waals surface area (Å²) in [7, 11) is 0. The van der Waals surface area contributed by atoms with Crippen LogP contribution < -0.4 is 10.1 Å². The Balaban J connectivity index is 2.18. The summed E-state index contributed by atoms with van der Waals surface area (Å²) < 4.78 is 5.60. The van der Waals surface area contributed by atoms with Crippen molar-refractivity contribution in [1.82, 2.24) is 4.98 Å². The topological polar surface area (TPSA) is 51.2 Å². The van der Waals surface area contributed by atoms with E-state index < -0.39 is 6.10 Å². The van der Waals surface area contributed by atoms with E-state index >= 15 is 0 Å². The minimum absolute atomic E-state index is 0.0499. The largest absolute Gasteiger partial charge is 0.463 e. The second-order valence-corrected chi connectivity index (χ2v) is 5.22. The van der Waals surface area contributed by atoms with Gasteiger partial charge >= 0.3 is 0 Å². The van der Waals surface area contributed by atoms with Crippen LogP contribution in [0.15, 0.2) is 18.3 Å². The summed E-state index contributed by atoms with van der Waals surface area (Å²) in [6.45, 7) is 6.24. The quantitative estimate of drug-likeness (QED) is 0.789. The van der Waals surface area contributed by atoms with Gasteiger partial charge in [0.05, 0.1) is 0 Å². The zero-order chi connectivity index (χ0) is 11.8. The van der Waals surface area contributed by atoms with Crippen LogP contribution in [-0.2, 0) is 4.79 Å². The summed E-state index contributed by atoms with van der Waals surface area (Å²) in [5, 5.41) is 2.81. The number of anilines is 1. The number of ether oxygens (including phenoxy) is 1. The molecule has 0 aliphatic carbocycles. The molecule has 0 aromatic carbocycles. The number of aromatic nitrogens is 1. The fourth-order valence-corrected chi connectivity index (χ4v) is 1.67. The number of nitrogens with one attached hydrogen (secondary N) is 1. The Morgan fingerprint density at radius 2 is 2.25 bits per heavy atom. The minimum atomic E-state index is -0.442. The maximum Gasteiger partial charge on any atom is 0.265 e. The Morgan fingerprint density at radius 1 is 1.50 bits per heavy atom. The maximum absolute atomic E-state index is 11.8. The highest BCUT2D eigenvalue weighted by atomic mass is 16.5.